The molecule has 1 saturated heterocycles. The standard InChI is InChI=1S/C27H48O5/c1-5-6-7-8-12-16-27(30-18-19-31-27)17-15-23-22(4)20-25(28)24(23)13-10-9-11-14-26(29)32-21(2)3/h21-24H,5-20H2,1-4H3/t22?,23-,24?/m0/s1. The van der Waals surface area contributed by atoms with Crippen LogP contribution in [0.1, 0.15) is 118 Å². The molecular formula is C27H48O5. The van der Waals surface area contributed by atoms with E-state index in [1.165, 1.54) is 25.7 Å². The highest BCUT2D eigenvalue weighted by atomic mass is 16.7. The van der Waals surface area contributed by atoms with E-state index in [0.29, 0.717) is 43.7 Å². The summed E-state index contributed by atoms with van der Waals surface area (Å²) in [7, 11) is 0. The molecule has 186 valence electrons. The topological polar surface area (TPSA) is 61.8 Å². The normalized spacial score (nSPS) is 25.0. The van der Waals surface area contributed by atoms with Crippen molar-refractivity contribution in [1.29, 1.82) is 0 Å². The van der Waals surface area contributed by atoms with Crippen LogP contribution >= 0.6 is 0 Å². The molecule has 2 aliphatic rings. The quantitative estimate of drug-likeness (QED) is 0.195. The summed E-state index contributed by atoms with van der Waals surface area (Å²) < 4.78 is 17.4. The molecule has 0 radical (unpaired) electrons. The first-order valence-electron chi connectivity index (χ1n) is 13.4. The lowest BCUT2D eigenvalue weighted by Crippen LogP contribution is -2.32. The minimum absolute atomic E-state index is 0.0479. The van der Waals surface area contributed by atoms with E-state index in [9.17, 15) is 9.59 Å². The van der Waals surface area contributed by atoms with Gasteiger partial charge >= 0.3 is 5.97 Å². The monoisotopic (exact) mass is 452 g/mol. The number of Topliss-reactive ketones (excluding diaryl/α,β-unsaturated/α-hetero) is 1. The molecule has 5 heteroatoms. The number of hydrogen-bond donors (Lipinski definition) is 0. The zero-order chi connectivity index (χ0) is 23.4. The Kier molecular flexibility index (Phi) is 12.2. The molecule has 0 bridgehead atoms. The van der Waals surface area contributed by atoms with Crippen LogP contribution in [0.3, 0.4) is 0 Å². The third-order valence-electron chi connectivity index (χ3n) is 7.28. The summed E-state index contributed by atoms with van der Waals surface area (Å²) in [5.74, 6) is 0.938. The fourth-order valence-corrected chi connectivity index (χ4v) is 5.54. The van der Waals surface area contributed by atoms with Gasteiger partial charge in [0.25, 0.3) is 0 Å². The maximum Gasteiger partial charge on any atom is 0.306 e. The molecule has 0 amide bonds. The van der Waals surface area contributed by atoms with Gasteiger partial charge in [-0.15, -0.1) is 0 Å². The Hall–Kier alpha value is -0.940. The molecule has 5 nitrogen and oxygen atoms in total. The summed E-state index contributed by atoms with van der Waals surface area (Å²) in [6.45, 7) is 9.62. The molecular weight excluding hydrogens is 404 g/mol. The third-order valence-corrected chi connectivity index (χ3v) is 7.28. The van der Waals surface area contributed by atoms with Crippen molar-refractivity contribution in [2.45, 2.75) is 129 Å². The zero-order valence-electron chi connectivity index (χ0n) is 21.2. The first-order valence-corrected chi connectivity index (χ1v) is 13.4. The van der Waals surface area contributed by atoms with Crippen molar-refractivity contribution in [3.63, 3.8) is 0 Å². The number of ether oxygens (including phenoxy) is 3. The van der Waals surface area contributed by atoms with Crippen molar-refractivity contribution < 1.29 is 23.8 Å². The summed E-state index contributed by atoms with van der Waals surface area (Å²) in [6.07, 6.45) is 14.0. The van der Waals surface area contributed by atoms with Gasteiger partial charge in [-0.3, -0.25) is 9.59 Å². The maximum absolute atomic E-state index is 12.7. The van der Waals surface area contributed by atoms with Crippen LogP contribution in [-0.4, -0.2) is 36.9 Å². The van der Waals surface area contributed by atoms with Crippen molar-refractivity contribution in [3.05, 3.63) is 0 Å². The Balaban J connectivity index is 1.76. The average molecular weight is 453 g/mol. The lowest BCUT2D eigenvalue weighted by Gasteiger charge is -2.31. The summed E-state index contributed by atoms with van der Waals surface area (Å²) in [5, 5.41) is 0. The van der Waals surface area contributed by atoms with Gasteiger partial charge in [-0.25, -0.2) is 0 Å². The van der Waals surface area contributed by atoms with Gasteiger partial charge in [0.05, 0.1) is 19.3 Å². The molecule has 2 rings (SSSR count). The molecule has 2 unspecified atom stereocenters. The minimum Gasteiger partial charge on any atom is -0.463 e. The predicted molar refractivity (Wildman–Crippen MR) is 127 cm³/mol. The highest BCUT2D eigenvalue weighted by molar-refractivity contribution is 5.83. The summed E-state index contributed by atoms with van der Waals surface area (Å²) in [5.41, 5.74) is 0. The van der Waals surface area contributed by atoms with Crippen molar-refractivity contribution in [2.24, 2.45) is 17.8 Å². The van der Waals surface area contributed by atoms with Crippen LogP contribution in [-0.2, 0) is 23.8 Å². The summed E-state index contributed by atoms with van der Waals surface area (Å²) in [4.78, 5) is 24.4. The van der Waals surface area contributed by atoms with Gasteiger partial charge < -0.3 is 14.2 Å². The first kappa shape index (κ1) is 27.3. The van der Waals surface area contributed by atoms with Gasteiger partial charge in [0.1, 0.15) is 5.78 Å². The van der Waals surface area contributed by atoms with E-state index in [1.54, 1.807) is 0 Å². The molecule has 0 aromatic rings. The van der Waals surface area contributed by atoms with E-state index >= 15 is 0 Å². The number of carbonyl (C=O) groups is 2. The molecule has 32 heavy (non-hydrogen) atoms. The van der Waals surface area contributed by atoms with Crippen LogP contribution in [0.5, 0.6) is 0 Å². The molecule has 0 N–H and O–H groups in total. The number of unbranched alkanes of at least 4 members (excludes halogenated alkanes) is 6. The summed E-state index contributed by atoms with van der Waals surface area (Å²) in [6, 6.07) is 0. The van der Waals surface area contributed by atoms with Crippen molar-refractivity contribution in [1.82, 2.24) is 0 Å². The molecule has 0 aromatic carbocycles. The van der Waals surface area contributed by atoms with Crippen LogP contribution in [0, 0.1) is 17.8 Å². The molecule has 0 spiro atoms. The van der Waals surface area contributed by atoms with Gasteiger partial charge in [0.2, 0.25) is 0 Å². The van der Waals surface area contributed by atoms with E-state index in [-0.39, 0.29) is 18.0 Å². The van der Waals surface area contributed by atoms with Gasteiger partial charge in [-0.1, -0.05) is 52.4 Å². The molecule has 1 aliphatic carbocycles. The van der Waals surface area contributed by atoms with Crippen molar-refractivity contribution in [2.75, 3.05) is 13.2 Å². The highest BCUT2D eigenvalue weighted by Crippen LogP contribution is 2.43. The second-order valence-electron chi connectivity index (χ2n) is 10.4. The van der Waals surface area contributed by atoms with E-state index in [0.717, 1.165) is 51.4 Å². The molecule has 2 fully saturated rings. The number of carbonyl (C=O) groups excluding carboxylic acids is 2. The SMILES string of the molecule is CCCCCCCC1(CC[C@H]2C(C)CC(=O)C2CCCCCC(=O)OC(C)C)OCCO1. The molecule has 1 heterocycles. The van der Waals surface area contributed by atoms with Crippen molar-refractivity contribution >= 4 is 11.8 Å². The number of rotatable bonds is 16. The predicted octanol–water partition coefficient (Wildman–Crippen LogP) is 6.61. The van der Waals surface area contributed by atoms with E-state index in [1.807, 2.05) is 13.8 Å². The van der Waals surface area contributed by atoms with Gasteiger partial charge in [0, 0.05) is 31.6 Å². The van der Waals surface area contributed by atoms with Crippen LogP contribution < -0.4 is 0 Å². The number of ketones is 1. The van der Waals surface area contributed by atoms with Gasteiger partial charge in [-0.05, 0) is 51.4 Å². The highest BCUT2D eigenvalue weighted by Gasteiger charge is 2.42. The van der Waals surface area contributed by atoms with Crippen LogP contribution in [0.15, 0.2) is 0 Å². The van der Waals surface area contributed by atoms with E-state index in [2.05, 4.69) is 13.8 Å². The molecule has 1 saturated carbocycles. The van der Waals surface area contributed by atoms with Crippen LogP contribution in [0.2, 0.25) is 0 Å². The fourth-order valence-electron chi connectivity index (χ4n) is 5.54. The van der Waals surface area contributed by atoms with E-state index in [4.69, 9.17) is 14.2 Å². The largest absolute Gasteiger partial charge is 0.463 e. The van der Waals surface area contributed by atoms with Crippen molar-refractivity contribution in [3.8, 4) is 0 Å². The maximum atomic E-state index is 12.7. The minimum atomic E-state index is -0.418. The average Bonchev–Trinajstić information content (AvgIpc) is 3.30. The van der Waals surface area contributed by atoms with Gasteiger partial charge in [-0.2, -0.15) is 0 Å². The molecule has 1 aliphatic heterocycles. The van der Waals surface area contributed by atoms with Gasteiger partial charge in [0.15, 0.2) is 5.79 Å². The molecule has 3 atom stereocenters. The number of hydrogen-bond acceptors (Lipinski definition) is 5. The lowest BCUT2D eigenvalue weighted by molar-refractivity contribution is -0.171. The Morgan fingerprint density at radius 2 is 1.69 bits per heavy atom. The van der Waals surface area contributed by atoms with Crippen LogP contribution in [0.25, 0.3) is 0 Å². The third kappa shape index (κ3) is 9.13. The second-order valence-corrected chi connectivity index (χ2v) is 10.4. The molecule has 0 aromatic heterocycles. The number of esters is 1. The van der Waals surface area contributed by atoms with E-state index < -0.39 is 5.79 Å². The Labute approximate surface area is 196 Å². The first-order chi connectivity index (χ1) is 15.4. The second kappa shape index (κ2) is 14.3. The Morgan fingerprint density at radius 1 is 1.00 bits per heavy atom. The smallest absolute Gasteiger partial charge is 0.306 e. The Morgan fingerprint density at radius 3 is 2.38 bits per heavy atom. The zero-order valence-corrected chi connectivity index (χ0v) is 21.2. The van der Waals surface area contributed by atoms with Crippen LogP contribution in [0.4, 0.5) is 0 Å². The fraction of sp³-hybridized carbons (Fsp3) is 0.926. The Bertz CT molecular complexity index is 552. The summed E-state index contributed by atoms with van der Waals surface area (Å²) >= 11 is 0. The lowest BCUT2D eigenvalue weighted by atomic mass is 9.81.